The Morgan fingerprint density at radius 2 is 1.96 bits per heavy atom. The predicted octanol–water partition coefficient (Wildman–Crippen LogP) is 2.33. The lowest BCUT2D eigenvalue weighted by atomic mass is 10.0. The van der Waals surface area contributed by atoms with Gasteiger partial charge in [-0.2, -0.15) is 0 Å². The van der Waals surface area contributed by atoms with Crippen molar-refractivity contribution in [2.75, 3.05) is 32.0 Å². The van der Waals surface area contributed by atoms with Crippen LogP contribution >= 0.6 is 0 Å². The lowest BCUT2D eigenvalue weighted by Gasteiger charge is -2.28. The highest BCUT2D eigenvalue weighted by atomic mass is 16.2. The second-order valence-electron chi connectivity index (χ2n) is 7.25. The molecular formula is C21H27N3O2. The highest BCUT2D eigenvalue weighted by Gasteiger charge is 2.37. The van der Waals surface area contributed by atoms with Gasteiger partial charge in [0.05, 0.1) is 17.6 Å². The monoisotopic (exact) mass is 353 g/mol. The van der Waals surface area contributed by atoms with Gasteiger partial charge in [0, 0.05) is 26.1 Å². The maximum absolute atomic E-state index is 12.6. The Kier molecular flexibility index (Phi) is 5.95. The summed E-state index contributed by atoms with van der Waals surface area (Å²) in [6.07, 6.45) is 4.55. The van der Waals surface area contributed by atoms with Crippen molar-refractivity contribution in [3.8, 4) is 11.8 Å². The number of carbonyl (C=O) groups is 2. The summed E-state index contributed by atoms with van der Waals surface area (Å²) >= 11 is 0. The molecule has 2 heterocycles. The van der Waals surface area contributed by atoms with Gasteiger partial charge in [0.15, 0.2) is 0 Å². The molecule has 0 spiro atoms. The summed E-state index contributed by atoms with van der Waals surface area (Å²) in [5.74, 6) is 6.53. The topological polar surface area (TPSA) is 52.7 Å². The Balaban J connectivity index is 1.68. The fourth-order valence-electron chi connectivity index (χ4n) is 3.78. The van der Waals surface area contributed by atoms with Gasteiger partial charge in [-0.1, -0.05) is 30.4 Å². The van der Waals surface area contributed by atoms with Gasteiger partial charge in [-0.15, -0.1) is 0 Å². The predicted molar refractivity (Wildman–Crippen MR) is 103 cm³/mol. The van der Waals surface area contributed by atoms with Crippen molar-refractivity contribution in [3.63, 3.8) is 0 Å². The molecule has 2 unspecified atom stereocenters. The van der Waals surface area contributed by atoms with E-state index in [2.05, 4.69) is 22.1 Å². The fraction of sp³-hybridized carbons (Fsp3) is 0.524. The zero-order valence-electron chi connectivity index (χ0n) is 15.6. The second kappa shape index (κ2) is 8.37. The van der Waals surface area contributed by atoms with Gasteiger partial charge < -0.3 is 15.1 Å². The molecule has 5 heteroatoms. The number of nitrogens with one attached hydrogen (secondary N) is 1. The highest BCUT2D eigenvalue weighted by Crippen LogP contribution is 2.25. The van der Waals surface area contributed by atoms with Crippen LogP contribution in [-0.4, -0.2) is 54.3 Å². The van der Waals surface area contributed by atoms with Crippen LogP contribution in [-0.2, 0) is 9.59 Å². The van der Waals surface area contributed by atoms with E-state index in [0.717, 1.165) is 31.6 Å². The van der Waals surface area contributed by atoms with Crippen LogP contribution in [0.4, 0.5) is 5.69 Å². The smallest absolute Gasteiger partial charge is 0.227 e. The van der Waals surface area contributed by atoms with Crippen LogP contribution in [0.3, 0.4) is 0 Å². The Morgan fingerprint density at radius 3 is 2.69 bits per heavy atom. The van der Waals surface area contributed by atoms with E-state index >= 15 is 0 Å². The van der Waals surface area contributed by atoms with Crippen LogP contribution < -0.4 is 5.32 Å². The van der Waals surface area contributed by atoms with Crippen molar-refractivity contribution in [2.45, 2.75) is 38.6 Å². The van der Waals surface area contributed by atoms with Crippen LogP contribution in [0, 0.1) is 17.8 Å². The van der Waals surface area contributed by atoms with Gasteiger partial charge >= 0.3 is 0 Å². The second-order valence-corrected chi connectivity index (χ2v) is 7.25. The Bertz CT molecular complexity index is 728. The number of carbonyl (C=O) groups excluding carboxylic acids is 2. The number of piperidine rings is 1. The van der Waals surface area contributed by atoms with Gasteiger partial charge in [-0.25, -0.2) is 0 Å². The third-order valence-electron chi connectivity index (χ3n) is 5.21. The van der Waals surface area contributed by atoms with E-state index in [1.165, 1.54) is 26.2 Å². The molecule has 2 amide bonds. The summed E-state index contributed by atoms with van der Waals surface area (Å²) in [6.45, 7) is 4.55. The van der Waals surface area contributed by atoms with Crippen LogP contribution in [0.25, 0.3) is 0 Å². The lowest BCUT2D eigenvalue weighted by molar-refractivity contribution is -0.130. The molecule has 26 heavy (non-hydrogen) atoms. The summed E-state index contributed by atoms with van der Waals surface area (Å²) in [5, 5.41) is 2.80. The molecule has 0 radical (unpaired) electrons. The average Bonchev–Trinajstić information content (AvgIpc) is 2.89. The molecule has 0 saturated carbocycles. The first-order valence-corrected chi connectivity index (χ1v) is 9.42. The zero-order chi connectivity index (χ0) is 18.5. The molecule has 2 aliphatic heterocycles. The lowest BCUT2D eigenvalue weighted by Crippen LogP contribution is -2.37. The molecule has 3 rings (SSSR count). The normalized spacial score (nSPS) is 23.5. The summed E-state index contributed by atoms with van der Waals surface area (Å²) < 4.78 is 0. The molecule has 1 aromatic rings. The summed E-state index contributed by atoms with van der Waals surface area (Å²) in [5.41, 5.74) is 1.49. The van der Waals surface area contributed by atoms with Crippen molar-refractivity contribution < 1.29 is 9.59 Å². The van der Waals surface area contributed by atoms with Crippen LogP contribution in [0.2, 0.25) is 0 Å². The molecule has 0 aromatic heterocycles. The molecule has 1 aromatic carbocycles. The summed E-state index contributed by atoms with van der Waals surface area (Å²) in [4.78, 5) is 28.1. The Labute approximate surface area is 155 Å². The zero-order valence-corrected chi connectivity index (χ0v) is 15.6. The van der Waals surface area contributed by atoms with Crippen molar-refractivity contribution in [1.82, 2.24) is 9.80 Å². The van der Waals surface area contributed by atoms with Gasteiger partial charge in [0.2, 0.25) is 11.8 Å². The van der Waals surface area contributed by atoms with Crippen LogP contribution in [0.15, 0.2) is 24.3 Å². The summed E-state index contributed by atoms with van der Waals surface area (Å²) in [7, 11) is 1.84. The minimum absolute atomic E-state index is 0.0444. The Hall–Kier alpha value is -2.32. The van der Waals surface area contributed by atoms with Gasteiger partial charge in [0.1, 0.15) is 0 Å². The van der Waals surface area contributed by atoms with E-state index in [9.17, 15) is 9.59 Å². The van der Waals surface area contributed by atoms with Crippen molar-refractivity contribution in [3.05, 3.63) is 29.8 Å². The number of likely N-dealkylation sites (tertiary alicyclic amines) is 2. The third kappa shape index (κ3) is 4.44. The number of rotatable bonds is 3. The van der Waals surface area contributed by atoms with Gasteiger partial charge in [-0.05, 0) is 44.5 Å². The van der Waals surface area contributed by atoms with E-state index in [1.54, 1.807) is 4.90 Å². The first kappa shape index (κ1) is 18.5. The van der Waals surface area contributed by atoms with E-state index in [-0.39, 0.29) is 23.8 Å². The standard InChI is InChI=1S/C21H27N3O2/c1-16(25)22-20-9-5-4-8-17(20)10-11-19-14-18(21(26)23(19)2)15-24-12-6-3-7-13-24/h4-5,8-9,18-19H,3,6-7,12-15H2,1-2H3,(H,22,25). The van der Waals surface area contributed by atoms with E-state index in [1.807, 2.05) is 31.3 Å². The molecule has 138 valence electrons. The molecule has 2 fully saturated rings. The summed E-state index contributed by atoms with van der Waals surface area (Å²) in [6, 6.07) is 7.44. The SMILES string of the molecule is CC(=O)Nc1ccccc1C#CC1CC(CN2CCCCC2)C(=O)N1C. The maximum Gasteiger partial charge on any atom is 0.227 e. The fourth-order valence-corrected chi connectivity index (χ4v) is 3.78. The minimum atomic E-state index is -0.117. The molecule has 2 aliphatic rings. The Morgan fingerprint density at radius 1 is 1.23 bits per heavy atom. The number of benzene rings is 1. The van der Waals surface area contributed by atoms with Crippen LogP contribution in [0.5, 0.6) is 0 Å². The molecule has 5 nitrogen and oxygen atoms in total. The number of hydrogen-bond acceptors (Lipinski definition) is 3. The van der Waals surface area contributed by atoms with Crippen molar-refractivity contribution >= 4 is 17.5 Å². The number of anilines is 1. The average molecular weight is 353 g/mol. The number of hydrogen-bond donors (Lipinski definition) is 1. The minimum Gasteiger partial charge on any atom is -0.332 e. The molecule has 2 atom stereocenters. The molecular weight excluding hydrogens is 326 g/mol. The van der Waals surface area contributed by atoms with E-state index in [4.69, 9.17) is 0 Å². The van der Waals surface area contributed by atoms with Crippen molar-refractivity contribution in [2.24, 2.45) is 5.92 Å². The first-order valence-electron chi connectivity index (χ1n) is 9.42. The largest absolute Gasteiger partial charge is 0.332 e. The third-order valence-corrected chi connectivity index (χ3v) is 5.21. The molecule has 0 bridgehead atoms. The molecule has 1 N–H and O–H groups in total. The number of amides is 2. The maximum atomic E-state index is 12.6. The van der Waals surface area contributed by atoms with Crippen LogP contribution in [0.1, 0.15) is 38.2 Å². The van der Waals surface area contributed by atoms with Gasteiger partial charge in [0.25, 0.3) is 0 Å². The number of para-hydroxylation sites is 1. The van der Waals surface area contributed by atoms with E-state index in [0.29, 0.717) is 5.69 Å². The van der Waals surface area contributed by atoms with Gasteiger partial charge in [-0.3, -0.25) is 9.59 Å². The first-order chi connectivity index (χ1) is 12.5. The van der Waals surface area contributed by atoms with Crippen molar-refractivity contribution in [1.29, 1.82) is 0 Å². The molecule has 2 saturated heterocycles. The molecule has 0 aliphatic carbocycles. The number of nitrogens with zero attached hydrogens (tertiary/aromatic N) is 2. The highest BCUT2D eigenvalue weighted by molar-refractivity contribution is 5.90. The quantitative estimate of drug-likeness (QED) is 0.849. The van der Waals surface area contributed by atoms with E-state index < -0.39 is 0 Å².